The fourth-order valence-electron chi connectivity index (χ4n) is 0. The van der Waals surface area contributed by atoms with Crippen molar-refractivity contribution in [2.75, 3.05) is 0 Å². The van der Waals surface area contributed by atoms with Crippen molar-refractivity contribution in [1.82, 2.24) is 0 Å². The van der Waals surface area contributed by atoms with Crippen LogP contribution < -0.4 is 5.73 Å². The van der Waals surface area contributed by atoms with Gasteiger partial charge in [0.05, 0.1) is 0 Å². The van der Waals surface area contributed by atoms with Crippen molar-refractivity contribution in [1.29, 1.82) is 0 Å². The van der Waals surface area contributed by atoms with E-state index in [0.717, 1.165) is 0 Å². The second kappa shape index (κ2) is 22.4. The van der Waals surface area contributed by atoms with Crippen molar-refractivity contribution in [3.05, 3.63) is 0 Å². The second-order valence-corrected chi connectivity index (χ2v) is 0.338. The minimum atomic E-state index is -1.33. The molecule has 0 saturated heterocycles. The predicted molar refractivity (Wildman–Crippen MR) is 40.8 cm³/mol. The maximum atomic E-state index is 8.78. The van der Waals surface area contributed by atoms with Crippen molar-refractivity contribution in [3.8, 4) is 0 Å². The minimum absolute atomic E-state index is 0. The number of hydrogen-bond donors (Lipinski definition) is 2. The van der Waals surface area contributed by atoms with Gasteiger partial charge in [0.1, 0.15) is 0 Å². The van der Waals surface area contributed by atoms with Gasteiger partial charge >= 0.3 is 124 Å². The Morgan fingerprint density at radius 1 is 1.12 bits per heavy atom. The van der Waals surface area contributed by atoms with Gasteiger partial charge in [0, 0.05) is 0 Å². The number of hydrogen-bond acceptors (Lipinski definition) is 1. The Bertz CT molecular complexity index is 37.0. The van der Waals surface area contributed by atoms with Crippen LogP contribution in [0.4, 0.5) is 4.79 Å². The van der Waals surface area contributed by atoms with Crippen LogP contribution in [0.1, 0.15) is 0 Å². The van der Waals surface area contributed by atoms with Gasteiger partial charge in [-0.25, -0.2) is 4.79 Å². The van der Waals surface area contributed by atoms with Crippen LogP contribution in [0.2, 0.25) is 0 Å². The molecular formula is CH7NNa4O2. The zero-order valence-electron chi connectivity index (χ0n) is 1.93. The molecule has 0 aromatic carbocycles. The first-order valence-electron chi connectivity index (χ1n) is 0.716. The van der Waals surface area contributed by atoms with E-state index in [2.05, 4.69) is 5.73 Å². The summed E-state index contributed by atoms with van der Waals surface area (Å²) in [7, 11) is 0. The first-order valence-corrected chi connectivity index (χ1v) is 0.716. The number of amides is 1. The molecule has 0 fully saturated rings. The summed E-state index contributed by atoms with van der Waals surface area (Å²) in [5, 5.41) is 7.19. The molecule has 3 nitrogen and oxygen atoms in total. The van der Waals surface area contributed by atoms with Crippen molar-refractivity contribution in [2.45, 2.75) is 0 Å². The standard InChI is InChI=1S/CH3NO2.4Na.4H/c2-1(3)4;;;;;;;;/h2H2,(H,3,4);;;;;;;;. The third-order valence-electron chi connectivity index (χ3n) is 0. The molecule has 0 atom stereocenters. The van der Waals surface area contributed by atoms with E-state index >= 15 is 0 Å². The van der Waals surface area contributed by atoms with Gasteiger partial charge in [-0.2, -0.15) is 0 Å². The van der Waals surface area contributed by atoms with Gasteiger partial charge in [0.25, 0.3) is 0 Å². The van der Waals surface area contributed by atoms with E-state index in [4.69, 9.17) is 9.90 Å². The third kappa shape index (κ3) is 59.3. The van der Waals surface area contributed by atoms with Crippen LogP contribution in [0, 0.1) is 0 Å². The molecule has 0 unspecified atom stereocenters. The van der Waals surface area contributed by atoms with Crippen LogP contribution in [0.25, 0.3) is 0 Å². The summed E-state index contributed by atoms with van der Waals surface area (Å²) in [6.07, 6.45) is -1.33. The molecule has 0 saturated carbocycles. The predicted octanol–water partition coefficient (Wildman–Crippen LogP) is -2.97. The molecule has 7 heteroatoms. The van der Waals surface area contributed by atoms with Gasteiger partial charge in [0.15, 0.2) is 0 Å². The number of carboxylic acid groups (broad SMARTS) is 1. The summed E-state index contributed by atoms with van der Waals surface area (Å²) >= 11 is 0. The summed E-state index contributed by atoms with van der Waals surface area (Å²) in [5.41, 5.74) is 4.03. The molecule has 32 valence electrons. The van der Waals surface area contributed by atoms with Crippen molar-refractivity contribution < 1.29 is 9.90 Å². The monoisotopic (exact) mass is 157 g/mol. The summed E-state index contributed by atoms with van der Waals surface area (Å²) in [5.74, 6) is 0. The number of rotatable bonds is 0. The fraction of sp³-hybridized carbons (Fsp3) is 0. The SMILES string of the molecule is NC(=O)O.[NaH].[NaH].[NaH].[NaH]. The molecule has 0 bridgehead atoms. The Kier molecular flexibility index (Phi) is 84.8. The molecule has 0 spiro atoms. The topological polar surface area (TPSA) is 63.3 Å². The number of nitrogens with two attached hydrogens (primary N) is 1. The summed E-state index contributed by atoms with van der Waals surface area (Å²) in [4.78, 5) is 8.78. The van der Waals surface area contributed by atoms with Crippen LogP contribution in [0.3, 0.4) is 0 Å². The van der Waals surface area contributed by atoms with E-state index in [1.165, 1.54) is 0 Å². The summed E-state index contributed by atoms with van der Waals surface area (Å²) < 4.78 is 0. The quantitative estimate of drug-likeness (QED) is 0.369. The van der Waals surface area contributed by atoms with Gasteiger partial charge in [-0.1, -0.05) is 0 Å². The average Bonchev–Trinajstić information content (AvgIpc) is 0.811. The molecule has 0 aliphatic heterocycles. The van der Waals surface area contributed by atoms with E-state index in [1.54, 1.807) is 0 Å². The van der Waals surface area contributed by atoms with Gasteiger partial charge in [-0.05, 0) is 0 Å². The number of carbonyl (C=O) groups is 1. The summed E-state index contributed by atoms with van der Waals surface area (Å²) in [6.45, 7) is 0. The Hall–Kier alpha value is 3.27. The fourth-order valence-corrected chi connectivity index (χ4v) is 0. The molecular weight excluding hydrogens is 150 g/mol. The Morgan fingerprint density at radius 3 is 1.12 bits per heavy atom. The van der Waals surface area contributed by atoms with E-state index in [9.17, 15) is 0 Å². The molecule has 8 heavy (non-hydrogen) atoms. The van der Waals surface area contributed by atoms with Crippen molar-refractivity contribution in [3.63, 3.8) is 0 Å². The van der Waals surface area contributed by atoms with Crippen LogP contribution in [-0.4, -0.2) is 129 Å². The zero-order valence-corrected chi connectivity index (χ0v) is 1.93. The Morgan fingerprint density at radius 2 is 1.12 bits per heavy atom. The van der Waals surface area contributed by atoms with Gasteiger partial charge in [0.2, 0.25) is 0 Å². The normalized spacial score (nSPS) is 3.00. The molecule has 1 amide bonds. The van der Waals surface area contributed by atoms with Crippen LogP contribution in [0.15, 0.2) is 0 Å². The molecule has 3 N–H and O–H groups in total. The molecule has 0 aromatic heterocycles. The van der Waals surface area contributed by atoms with E-state index in [0.29, 0.717) is 0 Å². The van der Waals surface area contributed by atoms with Gasteiger partial charge < -0.3 is 10.8 Å². The van der Waals surface area contributed by atoms with Gasteiger partial charge in [-0.3, -0.25) is 0 Å². The van der Waals surface area contributed by atoms with Crippen LogP contribution in [0.5, 0.6) is 0 Å². The number of primary amides is 1. The van der Waals surface area contributed by atoms with Crippen LogP contribution in [-0.2, 0) is 0 Å². The maximum absolute atomic E-state index is 8.78. The second-order valence-electron chi connectivity index (χ2n) is 0.338. The molecule has 0 heterocycles. The average molecular weight is 157 g/mol. The Labute approximate surface area is 137 Å². The molecule has 0 aromatic rings. The Balaban J connectivity index is -0.00000000750. The van der Waals surface area contributed by atoms with E-state index in [1.807, 2.05) is 0 Å². The third-order valence-corrected chi connectivity index (χ3v) is 0. The molecule has 0 rings (SSSR count). The van der Waals surface area contributed by atoms with E-state index < -0.39 is 6.09 Å². The molecule has 0 aliphatic rings. The van der Waals surface area contributed by atoms with Crippen molar-refractivity contribution in [2.24, 2.45) is 5.73 Å². The van der Waals surface area contributed by atoms with Crippen LogP contribution >= 0.6 is 0 Å². The first kappa shape index (κ1) is 30.2. The van der Waals surface area contributed by atoms with Crippen molar-refractivity contribution >= 4 is 124 Å². The van der Waals surface area contributed by atoms with E-state index in [-0.39, 0.29) is 118 Å². The van der Waals surface area contributed by atoms with Gasteiger partial charge in [-0.15, -0.1) is 0 Å². The summed E-state index contributed by atoms with van der Waals surface area (Å²) in [6, 6.07) is 0. The molecule has 0 aliphatic carbocycles. The first-order chi connectivity index (χ1) is 1.73. The molecule has 0 radical (unpaired) electrons. The zero-order chi connectivity index (χ0) is 3.58.